The highest BCUT2D eigenvalue weighted by molar-refractivity contribution is 5.15. The van der Waals surface area contributed by atoms with Gasteiger partial charge < -0.3 is 5.32 Å². The first kappa shape index (κ1) is 9.66. The van der Waals surface area contributed by atoms with Crippen LogP contribution in [0.5, 0.6) is 0 Å². The Labute approximate surface area is 85.7 Å². The van der Waals surface area contributed by atoms with Gasteiger partial charge in [-0.15, -0.1) is 0 Å². The standard InChI is InChI=1S/C12H18N2/c1-10-6-7-12(14-9-10)11-5-3-2-4-8-13-11/h6-7,9,11,13H,2-5,8H2,1H3. The Hall–Kier alpha value is -0.890. The average Bonchev–Trinajstić information content (AvgIpc) is 2.47. The van der Waals surface area contributed by atoms with Crippen molar-refractivity contribution in [3.63, 3.8) is 0 Å². The van der Waals surface area contributed by atoms with E-state index in [2.05, 4.69) is 29.4 Å². The van der Waals surface area contributed by atoms with Crippen LogP contribution in [0, 0.1) is 6.92 Å². The molecule has 0 saturated carbocycles. The lowest BCUT2D eigenvalue weighted by atomic mass is 10.1. The maximum atomic E-state index is 4.48. The van der Waals surface area contributed by atoms with E-state index in [1.165, 1.54) is 36.9 Å². The van der Waals surface area contributed by atoms with Gasteiger partial charge in [-0.1, -0.05) is 18.9 Å². The maximum absolute atomic E-state index is 4.48. The van der Waals surface area contributed by atoms with Gasteiger partial charge in [0, 0.05) is 12.2 Å². The fraction of sp³-hybridized carbons (Fsp3) is 0.583. The van der Waals surface area contributed by atoms with Crippen molar-refractivity contribution in [2.24, 2.45) is 0 Å². The van der Waals surface area contributed by atoms with E-state index in [9.17, 15) is 0 Å². The zero-order chi connectivity index (χ0) is 9.80. The molecular formula is C12H18N2. The Morgan fingerprint density at radius 2 is 2.21 bits per heavy atom. The second-order valence-electron chi connectivity index (χ2n) is 4.12. The molecule has 2 heteroatoms. The summed E-state index contributed by atoms with van der Waals surface area (Å²) in [6, 6.07) is 4.78. The van der Waals surface area contributed by atoms with Gasteiger partial charge in [-0.05, 0) is 37.9 Å². The van der Waals surface area contributed by atoms with Gasteiger partial charge in [0.25, 0.3) is 0 Å². The molecule has 1 unspecified atom stereocenters. The minimum atomic E-state index is 0.484. The molecule has 1 aliphatic heterocycles. The van der Waals surface area contributed by atoms with Crippen LogP contribution in [0.4, 0.5) is 0 Å². The van der Waals surface area contributed by atoms with Crippen molar-refractivity contribution < 1.29 is 0 Å². The number of rotatable bonds is 1. The largest absolute Gasteiger partial charge is 0.309 e. The Balaban J connectivity index is 2.08. The van der Waals surface area contributed by atoms with Crippen molar-refractivity contribution >= 4 is 0 Å². The molecule has 0 spiro atoms. The van der Waals surface area contributed by atoms with Gasteiger partial charge in [0.1, 0.15) is 0 Å². The summed E-state index contributed by atoms with van der Waals surface area (Å²) in [6.07, 6.45) is 7.18. The van der Waals surface area contributed by atoms with Gasteiger partial charge in [-0.2, -0.15) is 0 Å². The number of pyridine rings is 1. The highest BCUT2D eigenvalue weighted by Gasteiger charge is 2.13. The van der Waals surface area contributed by atoms with E-state index in [0.29, 0.717) is 6.04 Å². The molecule has 2 nitrogen and oxygen atoms in total. The molecule has 0 aromatic carbocycles. The summed E-state index contributed by atoms with van der Waals surface area (Å²) in [5, 5.41) is 3.55. The normalized spacial score (nSPS) is 23.1. The minimum Gasteiger partial charge on any atom is -0.309 e. The van der Waals surface area contributed by atoms with Gasteiger partial charge in [-0.25, -0.2) is 0 Å². The lowest BCUT2D eigenvalue weighted by Crippen LogP contribution is -2.21. The van der Waals surface area contributed by atoms with Crippen LogP contribution in [-0.2, 0) is 0 Å². The molecule has 1 fully saturated rings. The monoisotopic (exact) mass is 190 g/mol. The molecule has 0 radical (unpaired) electrons. The van der Waals surface area contributed by atoms with Crippen LogP contribution < -0.4 is 5.32 Å². The molecule has 2 heterocycles. The van der Waals surface area contributed by atoms with E-state index in [0.717, 1.165) is 6.54 Å². The van der Waals surface area contributed by atoms with Gasteiger partial charge in [0.15, 0.2) is 0 Å². The Bertz CT molecular complexity index is 271. The zero-order valence-electron chi connectivity index (χ0n) is 8.79. The van der Waals surface area contributed by atoms with E-state index in [-0.39, 0.29) is 0 Å². The number of hydrogen-bond donors (Lipinski definition) is 1. The van der Waals surface area contributed by atoms with Crippen LogP contribution in [0.2, 0.25) is 0 Å². The predicted molar refractivity (Wildman–Crippen MR) is 58.2 cm³/mol. The van der Waals surface area contributed by atoms with Crippen molar-refractivity contribution in [2.45, 2.75) is 38.6 Å². The quantitative estimate of drug-likeness (QED) is 0.736. The molecule has 0 amide bonds. The van der Waals surface area contributed by atoms with Gasteiger partial charge in [0.05, 0.1) is 5.69 Å². The van der Waals surface area contributed by atoms with Crippen LogP contribution in [0.15, 0.2) is 18.3 Å². The second-order valence-corrected chi connectivity index (χ2v) is 4.12. The summed E-state index contributed by atoms with van der Waals surface area (Å²) in [7, 11) is 0. The molecule has 1 aromatic heterocycles. The third-order valence-corrected chi connectivity index (χ3v) is 2.85. The Kier molecular flexibility index (Phi) is 3.14. The van der Waals surface area contributed by atoms with E-state index < -0.39 is 0 Å². The molecule has 0 bridgehead atoms. The van der Waals surface area contributed by atoms with Crippen LogP contribution in [-0.4, -0.2) is 11.5 Å². The summed E-state index contributed by atoms with van der Waals surface area (Å²) >= 11 is 0. The highest BCUT2D eigenvalue weighted by Crippen LogP contribution is 2.20. The third-order valence-electron chi connectivity index (χ3n) is 2.85. The van der Waals surface area contributed by atoms with E-state index >= 15 is 0 Å². The molecule has 1 atom stereocenters. The van der Waals surface area contributed by atoms with Crippen molar-refractivity contribution in [2.75, 3.05) is 6.54 Å². The van der Waals surface area contributed by atoms with Crippen LogP contribution in [0.25, 0.3) is 0 Å². The molecule has 2 rings (SSSR count). The molecule has 1 N–H and O–H groups in total. The first-order chi connectivity index (χ1) is 6.86. The topological polar surface area (TPSA) is 24.9 Å². The summed E-state index contributed by atoms with van der Waals surface area (Å²) in [5.74, 6) is 0. The molecule has 14 heavy (non-hydrogen) atoms. The average molecular weight is 190 g/mol. The summed E-state index contributed by atoms with van der Waals surface area (Å²) < 4.78 is 0. The lowest BCUT2D eigenvalue weighted by Gasteiger charge is -2.14. The smallest absolute Gasteiger partial charge is 0.0573 e. The molecular weight excluding hydrogens is 172 g/mol. The minimum absolute atomic E-state index is 0.484. The van der Waals surface area contributed by atoms with Gasteiger partial charge >= 0.3 is 0 Å². The number of aromatic nitrogens is 1. The van der Waals surface area contributed by atoms with Crippen molar-refractivity contribution in [1.82, 2.24) is 10.3 Å². The molecule has 76 valence electrons. The van der Waals surface area contributed by atoms with Crippen molar-refractivity contribution in [3.8, 4) is 0 Å². The van der Waals surface area contributed by atoms with Crippen LogP contribution >= 0.6 is 0 Å². The van der Waals surface area contributed by atoms with E-state index in [1.807, 2.05) is 6.20 Å². The number of hydrogen-bond acceptors (Lipinski definition) is 2. The predicted octanol–water partition coefficient (Wildman–Crippen LogP) is 2.59. The van der Waals surface area contributed by atoms with Crippen molar-refractivity contribution in [3.05, 3.63) is 29.6 Å². The van der Waals surface area contributed by atoms with Crippen LogP contribution in [0.1, 0.15) is 43.0 Å². The van der Waals surface area contributed by atoms with Gasteiger partial charge in [-0.3, -0.25) is 4.98 Å². The lowest BCUT2D eigenvalue weighted by molar-refractivity contribution is 0.522. The first-order valence-electron chi connectivity index (χ1n) is 5.52. The van der Waals surface area contributed by atoms with Crippen molar-refractivity contribution in [1.29, 1.82) is 0 Å². The fourth-order valence-corrected chi connectivity index (χ4v) is 1.97. The van der Waals surface area contributed by atoms with E-state index in [4.69, 9.17) is 0 Å². The Morgan fingerprint density at radius 3 is 3.00 bits per heavy atom. The summed E-state index contributed by atoms with van der Waals surface area (Å²) in [5.41, 5.74) is 2.44. The molecule has 0 aliphatic carbocycles. The maximum Gasteiger partial charge on any atom is 0.0573 e. The molecule has 1 aromatic rings. The summed E-state index contributed by atoms with van der Waals surface area (Å²) in [6.45, 7) is 3.22. The van der Waals surface area contributed by atoms with E-state index in [1.54, 1.807) is 0 Å². The fourth-order valence-electron chi connectivity index (χ4n) is 1.97. The summed E-state index contributed by atoms with van der Waals surface area (Å²) in [4.78, 5) is 4.48. The first-order valence-corrected chi connectivity index (χ1v) is 5.52. The number of nitrogens with one attached hydrogen (secondary N) is 1. The Morgan fingerprint density at radius 1 is 1.29 bits per heavy atom. The zero-order valence-corrected chi connectivity index (χ0v) is 8.79. The molecule has 1 saturated heterocycles. The third kappa shape index (κ3) is 2.32. The number of nitrogens with zero attached hydrogens (tertiary/aromatic N) is 1. The number of aryl methyl sites for hydroxylation is 1. The highest BCUT2D eigenvalue weighted by atomic mass is 14.9. The SMILES string of the molecule is Cc1ccc(C2CCCCCN2)nc1. The van der Waals surface area contributed by atoms with Gasteiger partial charge in [0.2, 0.25) is 0 Å². The second kappa shape index (κ2) is 4.56. The molecule has 1 aliphatic rings. The van der Waals surface area contributed by atoms with Crippen LogP contribution in [0.3, 0.4) is 0 Å².